The van der Waals surface area contributed by atoms with E-state index in [9.17, 15) is 0 Å². The van der Waals surface area contributed by atoms with E-state index in [1.165, 1.54) is 25.7 Å². The molecule has 4 rings (SSSR count). The van der Waals surface area contributed by atoms with Crippen LogP contribution in [0.25, 0.3) is 4.96 Å². The van der Waals surface area contributed by atoms with Crippen LogP contribution < -0.4 is 5.73 Å². The molecule has 0 amide bonds. The summed E-state index contributed by atoms with van der Waals surface area (Å²) in [5.74, 6) is 1.53. The highest BCUT2D eigenvalue weighted by molar-refractivity contribution is 7.16. The van der Waals surface area contributed by atoms with E-state index in [0.717, 1.165) is 15.8 Å². The van der Waals surface area contributed by atoms with Crippen molar-refractivity contribution in [2.24, 2.45) is 0 Å². The number of hydrogen-bond acceptors (Lipinski definition) is 6. The van der Waals surface area contributed by atoms with Crippen LogP contribution in [0.15, 0.2) is 12.4 Å². The fourth-order valence-corrected chi connectivity index (χ4v) is 3.61. The van der Waals surface area contributed by atoms with Crippen molar-refractivity contribution >= 4 is 22.0 Å². The lowest BCUT2D eigenvalue weighted by Gasteiger charge is -2.03. The number of rotatable bonds is 3. The SMILES string of the molecule is Nc1cnn(Cc2nn3c(C4CCCC4)nnc3s2)c1. The van der Waals surface area contributed by atoms with Gasteiger partial charge in [-0.3, -0.25) is 4.68 Å². The number of nitrogens with zero attached hydrogens (tertiary/aromatic N) is 6. The van der Waals surface area contributed by atoms with E-state index in [-0.39, 0.29) is 0 Å². The third kappa shape index (κ3) is 1.96. The first-order valence-electron chi connectivity index (χ1n) is 6.78. The van der Waals surface area contributed by atoms with Crippen molar-refractivity contribution < 1.29 is 0 Å². The average Bonchev–Trinajstić information content (AvgIpc) is 3.13. The molecule has 0 spiro atoms. The number of nitrogen functional groups attached to an aromatic ring is 1. The predicted molar refractivity (Wildman–Crippen MR) is 75.6 cm³/mol. The summed E-state index contributed by atoms with van der Waals surface area (Å²) in [7, 11) is 0. The summed E-state index contributed by atoms with van der Waals surface area (Å²) in [6, 6.07) is 0. The Balaban J connectivity index is 1.65. The van der Waals surface area contributed by atoms with Gasteiger partial charge in [0, 0.05) is 12.1 Å². The van der Waals surface area contributed by atoms with E-state index < -0.39 is 0 Å². The van der Waals surface area contributed by atoms with E-state index >= 15 is 0 Å². The van der Waals surface area contributed by atoms with Crippen molar-refractivity contribution in [1.82, 2.24) is 29.6 Å². The summed E-state index contributed by atoms with van der Waals surface area (Å²) < 4.78 is 3.69. The number of hydrogen-bond donors (Lipinski definition) is 1. The zero-order chi connectivity index (χ0) is 13.5. The topological polar surface area (TPSA) is 86.9 Å². The normalized spacial score (nSPS) is 16.4. The zero-order valence-electron chi connectivity index (χ0n) is 10.9. The van der Waals surface area contributed by atoms with Crippen molar-refractivity contribution in [3.8, 4) is 0 Å². The molecular weight excluding hydrogens is 274 g/mol. The van der Waals surface area contributed by atoms with Crippen molar-refractivity contribution in [3.05, 3.63) is 23.2 Å². The van der Waals surface area contributed by atoms with Crippen LogP contribution >= 0.6 is 11.3 Å². The molecule has 7 nitrogen and oxygen atoms in total. The van der Waals surface area contributed by atoms with Crippen molar-refractivity contribution in [3.63, 3.8) is 0 Å². The van der Waals surface area contributed by atoms with Crippen LogP contribution in [0.1, 0.15) is 42.4 Å². The monoisotopic (exact) mass is 289 g/mol. The highest BCUT2D eigenvalue weighted by Crippen LogP contribution is 2.33. The molecule has 20 heavy (non-hydrogen) atoms. The Kier molecular flexibility index (Phi) is 2.69. The molecular formula is C12H15N7S. The maximum absolute atomic E-state index is 5.67. The zero-order valence-corrected chi connectivity index (χ0v) is 11.8. The Morgan fingerprint density at radius 3 is 2.90 bits per heavy atom. The smallest absolute Gasteiger partial charge is 0.234 e. The second-order valence-electron chi connectivity index (χ2n) is 5.20. The molecule has 0 atom stereocenters. The van der Waals surface area contributed by atoms with E-state index in [2.05, 4.69) is 20.4 Å². The number of nitrogens with two attached hydrogens (primary N) is 1. The second-order valence-corrected chi connectivity index (χ2v) is 6.24. The lowest BCUT2D eigenvalue weighted by molar-refractivity contribution is 0.626. The van der Waals surface area contributed by atoms with Crippen LogP contribution in [-0.2, 0) is 6.54 Å². The molecule has 0 unspecified atom stereocenters. The van der Waals surface area contributed by atoms with Crippen LogP contribution in [0, 0.1) is 0 Å². The predicted octanol–water partition coefficient (Wildman–Crippen LogP) is 1.67. The van der Waals surface area contributed by atoms with Gasteiger partial charge >= 0.3 is 0 Å². The van der Waals surface area contributed by atoms with Gasteiger partial charge in [0.1, 0.15) is 5.01 Å². The molecule has 1 aliphatic rings. The maximum atomic E-state index is 5.67. The second kappa shape index (κ2) is 4.55. The molecule has 104 valence electrons. The highest BCUT2D eigenvalue weighted by Gasteiger charge is 2.24. The Morgan fingerprint density at radius 2 is 2.15 bits per heavy atom. The summed E-state index contributed by atoms with van der Waals surface area (Å²) in [5, 5.41) is 18.3. The molecule has 0 aliphatic heterocycles. The minimum absolute atomic E-state index is 0.514. The largest absolute Gasteiger partial charge is 0.396 e. The van der Waals surface area contributed by atoms with Gasteiger partial charge in [-0.15, -0.1) is 10.2 Å². The third-order valence-electron chi connectivity index (χ3n) is 3.73. The van der Waals surface area contributed by atoms with E-state index in [1.807, 2.05) is 4.52 Å². The Hall–Kier alpha value is -1.96. The fraction of sp³-hybridized carbons (Fsp3) is 0.500. The molecule has 1 aliphatic carbocycles. The number of fused-ring (bicyclic) bond motifs is 1. The highest BCUT2D eigenvalue weighted by atomic mass is 32.1. The minimum Gasteiger partial charge on any atom is -0.396 e. The standard InChI is InChI=1S/C12H15N7S/c13-9-5-14-18(6-9)7-10-17-19-11(8-3-1-2-4-8)15-16-12(19)20-10/h5-6,8H,1-4,7,13H2. The quantitative estimate of drug-likeness (QED) is 0.792. The van der Waals surface area contributed by atoms with Gasteiger partial charge in [0.15, 0.2) is 5.82 Å². The van der Waals surface area contributed by atoms with Gasteiger partial charge in [-0.25, -0.2) is 0 Å². The molecule has 0 bridgehead atoms. The first-order valence-corrected chi connectivity index (χ1v) is 7.60. The summed E-state index contributed by atoms with van der Waals surface area (Å²) in [6.45, 7) is 0.620. The van der Waals surface area contributed by atoms with Crippen molar-refractivity contribution in [1.29, 1.82) is 0 Å². The summed E-state index contributed by atoms with van der Waals surface area (Å²) in [4.78, 5) is 0.863. The Labute approximate surface area is 119 Å². The Bertz CT molecular complexity index is 734. The number of aromatic nitrogens is 6. The van der Waals surface area contributed by atoms with Gasteiger partial charge in [-0.2, -0.15) is 14.7 Å². The molecule has 1 fully saturated rings. The van der Waals surface area contributed by atoms with Crippen LogP contribution in [0.5, 0.6) is 0 Å². The average molecular weight is 289 g/mol. The molecule has 0 aromatic carbocycles. The fourth-order valence-electron chi connectivity index (χ4n) is 2.78. The first-order chi connectivity index (χ1) is 9.79. The molecule has 0 radical (unpaired) electrons. The first kappa shape index (κ1) is 11.8. The molecule has 0 saturated heterocycles. The lowest BCUT2D eigenvalue weighted by atomic mass is 10.1. The van der Waals surface area contributed by atoms with Crippen LogP contribution in [-0.4, -0.2) is 29.6 Å². The molecule has 1 saturated carbocycles. The van der Waals surface area contributed by atoms with Gasteiger partial charge < -0.3 is 5.73 Å². The van der Waals surface area contributed by atoms with Gasteiger partial charge in [0.25, 0.3) is 0 Å². The van der Waals surface area contributed by atoms with E-state index in [4.69, 9.17) is 5.73 Å². The van der Waals surface area contributed by atoms with E-state index in [1.54, 1.807) is 28.4 Å². The molecule has 2 N–H and O–H groups in total. The lowest BCUT2D eigenvalue weighted by Crippen LogP contribution is -2.04. The minimum atomic E-state index is 0.514. The van der Waals surface area contributed by atoms with Crippen LogP contribution in [0.3, 0.4) is 0 Å². The maximum Gasteiger partial charge on any atom is 0.234 e. The van der Waals surface area contributed by atoms with Gasteiger partial charge in [0.05, 0.1) is 18.4 Å². The van der Waals surface area contributed by atoms with E-state index in [0.29, 0.717) is 18.2 Å². The molecule has 3 aromatic rings. The van der Waals surface area contributed by atoms with Gasteiger partial charge in [-0.05, 0) is 12.8 Å². The van der Waals surface area contributed by atoms with Gasteiger partial charge in [-0.1, -0.05) is 24.2 Å². The molecule has 3 aromatic heterocycles. The van der Waals surface area contributed by atoms with Gasteiger partial charge in [0.2, 0.25) is 4.96 Å². The van der Waals surface area contributed by atoms with Crippen LogP contribution in [0.2, 0.25) is 0 Å². The summed E-state index contributed by atoms with van der Waals surface area (Å²) in [6.07, 6.45) is 8.41. The summed E-state index contributed by atoms with van der Waals surface area (Å²) >= 11 is 1.56. The van der Waals surface area contributed by atoms with Crippen LogP contribution in [0.4, 0.5) is 5.69 Å². The Morgan fingerprint density at radius 1 is 1.30 bits per heavy atom. The third-order valence-corrected chi connectivity index (χ3v) is 4.61. The summed E-state index contributed by atoms with van der Waals surface area (Å²) in [5.41, 5.74) is 6.33. The van der Waals surface area contributed by atoms with Crippen molar-refractivity contribution in [2.45, 2.75) is 38.1 Å². The molecule has 8 heteroatoms. The van der Waals surface area contributed by atoms with Crippen molar-refractivity contribution in [2.75, 3.05) is 5.73 Å². The number of anilines is 1. The molecule has 3 heterocycles.